The number of rotatable bonds is 3. The van der Waals surface area contributed by atoms with E-state index >= 15 is 0 Å². The van der Waals surface area contributed by atoms with Crippen LogP contribution in [0.15, 0.2) is 0 Å². The molecule has 2 N–H and O–H groups in total. The molecule has 1 heterocycles. The van der Waals surface area contributed by atoms with Crippen molar-refractivity contribution >= 4 is 5.91 Å². The average Bonchev–Trinajstić information content (AvgIpc) is 2.26. The number of likely N-dealkylation sites (tertiary alicyclic amines) is 1. The summed E-state index contributed by atoms with van der Waals surface area (Å²) in [5, 5.41) is 0. The van der Waals surface area contributed by atoms with Gasteiger partial charge in [0.2, 0.25) is 5.91 Å². The molecule has 0 radical (unpaired) electrons. The van der Waals surface area contributed by atoms with Crippen molar-refractivity contribution < 1.29 is 4.79 Å². The normalized spacial score (nSPS) is 23.9. The van der Waals surface area contributed by atoms with Crippen LogP contribution in [-0.4, -0.2) is 54.0 Å². The largest absolute Gasteiger partial charge is 0.340 e. The first-order chi connectivity index (χ1) is 7.43. The molecule has 1 saturated heterocycles. The Morgan fingerprint density at radius 1 is 1.44 bits per heavy atom. The summed E-state index contributed by atoms with van der Waals surface area (Å²) in [7, 11) is 2.13. The molecule has 2 atom stereocenters. The van der Waals surface area contributed by atoms with E-state index in [2.05, 4.69) is 25.8 Å². The predicted molar refractivity (Wildman–Crippen MR) is 66.2 cm³/mol. The maximum Gasteiger partial charge on any atom is 0.239 e. The molecule has 0 aromatic heterocycles. The number of carbonyl (C=O) groups is 1. The van der Waals surface area contributed by atoms with Crippen LogP contribution in [0.3, 0.4) is 0 Å². The summed E-state index contributed by atoms with van der Waals surface area (Å²) < 4.78 is 0. The van der Waals surface area contributed by atoms with Gasteiger partial charge in [0.25, 0.3) is 0 Å². The lowest BCUT2D eigenvalue weighted by atomic mass is 10.0. The molecular weight excluding hydrogens is 202 g/mol. The van der Waals surface area contributed by atoms with E-state index in [0.29, 0.717) is 12.1 Å². The number of hydrogen-bond acceptors (Lipinski definition) is 3. The molecule has 0 aromatic carbocycles. The molecule has 1 fully saturated rings. The van der Waals surface area contributed by atoms with Crippen molar-refractivity contribution in [1.29, 1.82) is 0 Å². The molecule has 1 aliphatic rings. The highest BCUT2D eigenvalue weighted by Crippen LogP contribution is 2.17. The molecule has 94 valence electrons. The molecule has 1 unspecified atom stereocenters. The van der Waals surface area contributed by atoms with Gasteiger partial charge in [-0.1, -0.05) is 0 Å². The molecule has 16 heavy (non-hydrogen) atoms. The number of likely N-dealkylation sites (N-methyl/N-ethyl adjacent to an activating group) is 1. The summed E-state index contributed by atoms with van der Waals surface area (Å²) in [6.07, 6.45) is 2.26. The maximum absolute atomic E-state index is 11.8. The Morgan fingerprint density at radius 2 is 2.06 bits per heavy atom. The van der Waals surface area contributed by atoms with Crippen molar-refractivity contribution in [3.63, 3.8) is 0 Å². The van der Waals surface area contributed by atoms with Crippen LogP contribution in [0.1, 0.15) is 33.6 Å². The summed E-state index contributed by atoms with van der Waals surface area (Å²) in [6, 6.07) is 0.634. The van der Waals surface area contributed by atoms with Crippen molar-refractivity contribution in [2.45, 2.75) is 51.7 Å². The van der Waals surface area contributed by atoms with Gasteiger partial charge in [0, 0.05) is 25.2 Å². The molecule has 0 aromatic rings. The summed E-state index contributed by atoms with van der Waals surface area (Å²) >= 11 is 0. The number of nitrogens with two attached hydrogens (primary N) is 1. The number of piperidine rings is 1. The SMILES string of the molecule is CC(C)N(C)C1CCCN(C(=O)[C@H](C)N)C1. The summed E-state index contributed by atoms with van der Waals surface area (Å²) in [4.78, 5) is 16.1. The molecule has 0 aliphatic carbocycles. The number of amides is 1. The van der Waals surface area contributed by atoms with Crippen LogP contribution in [0, 0.1) is 0 Å². The molecule has 4 heteroatoms. The minimum atomic E-state index is -0.372. The zero-order valence-corrected chi connectivity index (χ0v) is 10.9. The number of nitrogens with zero attached hydrogens (tertiary/aromatic N) is 2. The van der Waals surface area contributed by atoms with Gasteiger partial charge in [-0.05, 0) is 40.7 Å². The Labute approximate surface area is 98.8 Å². The number of hydrogen-bond donors (Lipinski definition) is 1. The van der Waals surface area contributed by atoms with Crippen LogP contribution in [-0.2, 0) is 4.79 Å². The van der Waals surface area contributed by atoms with Gasteiger partial charge in [-0.25, -0.2) is 0 Å². The van der Waals surface area contributed by atoms with Gasteiger partial charge in [0.1, 0.15) is 0 Å². The van der Waals surface area contributed by atoms with Crippen LogP contribution >= 0.6 is 0 Å². The lowest BCUT2D eigenvalue weighted by Gasteiger charge is -2.39. The standard InChI is InChI=1S/C12H25N3O/c1-9(2)14(4)11-6-5-7-15(8-11)12(16)10(3)13/h9-11H,5-8,13H2,1-4H3/t10-,11?/m0/s1. The monoisotopic (exact) mass is 227 g/mol. The molecule has 1 aliphatic heterocycles. The Kier molecular flexibility index (Phi) is 4.74. The molecule has 0 bridgehead atoms. The van der Waals surface area contributed by atoms with Gasteiger partial charge >= 0.3 is 0 Å². The average molecular weight is 227 g/mol. The second kappa shape index (κ2) is 5.64. The second-order valence-corrected chi connectivity index (χ2v) is 5.13. The lowest BCUT2D eigenvalue weighted by molar-refractivity contribution is -0.134. The fourth-order valence-corrected chi connectivity index (χ4v) is 2.20. The zero-order chi connectivity index (χ0) is 12.3. The van der Waals surface area contributed by atoms with Crippen LogP contribution in [0.5, 0.6) is 0 Å². The van der Waals surface area contributed by atoms with Crippen molar-refractivity contribution in [1.82, 2.24) is 9.80 Å². The highest BCUT2D eigenvalue weighted by atomic mass is 16.2. The third kappa shape index (κ3) is 3.19. The van der Waals surface area contributed by atoms with E-state index in [-0.39, 0.29) is 11.9 Å². The second-order valence-electron chi connectivity index (χ2n) is 5.13. The Bertz CT molecular complexity index is 240. The van der Waals surface area contributed by atoms with Crippen LogP contribution in [0.2, 0.25) is 0 Å². The quantitative estimate of drug-likeness (QED) is 0.771. The lowest BCUT2D eigenvalue weighted by Crippen LogP contribution is -2.53. The van der Waals surface area contributed by atoms with Crippen LogP contribution in [0.25, 0.3) is 0 Å². The van der Waals surface area contributed by atoms with Gasteiger partial charge in [-0.3, -0.25) is 9.69 Å². The van der Waals surface area contributed by atoms with Crippen molar-refractivity contribution in [2.75, 3.05) is 20.1 Å². The topological polar surface area (TPSA) is 49.6 Å². The van der Waals surface area contributed by atoms with Gasteiger partial charge in [-0.15, -0.1) is 0 Å². The minimum Gasteiger partial charge on any atom is -0.340 e. The minimum absolute atomic E-state index is 0.0851. The first-order valence-electron chi connectivity index (χ1n) is 6.19. The summed E-state index contributed by atoms with van der Waals surface area (Å²) in [5.74, 6) is 0.0851. The van der Waals surface area contributed by atoms with E-state index in [4.69, 9.17) is 5.73 Å². The van der Waals surface area contributed by atoms with E-state index in [1.54, 1.807) is 6.92 Å². The summed E-state index contributed by atoms with van der Waals surface area (Å²) in [5.41, 5.74) is 5.64. The third-order valence-corrected chi connectivity index (χ3v) is 3.49. The smallest absolute Gasteiger partial charge is 0.239 e. The van der Waals surface area contributed by atoms with Crippen LogP contribution in [0.4, 0.5) is 0 Å². The number of carbonyl (C=O) groups excluding carboxylic acids is 1. The highest BCUT2D eigenvalue weighted by molar-refractivity contribution is 5.81. The molecule has 0 spiro atoms. The zero-order valence-electron chi connectivity index (χ0n) is 10.9. The molecule has 0 saturated carbocycles. The van der Waals surface area contributed by atoms with Crippen molar-refractivity contribution in [3.05, 3.63) is 0 Å². The van der Waals surface area contributed by atoms with Crippen molar-refractivity contribution in [3.8, 4) is 0 Å². The Hall–Kier alpha value is -0.610. The van der Waals surface area contributed by atoms with Gasteiger partial charge in [-0.2, -0.15) is 0 Å². The summed E-state index contributed by atoms with van der Waals surface area (Å²) in [6.45, 7) is 7.83. The third-order valence-electron chi connectivity index (χ3n) is 3.49. The fourth-order valence-electron chi connectivity index (χ4n) is 2.20. The molecule has 1 amide bonds. The van der Waals surface area contributed by atoms with Gasteiger partial charge in [0.15, 0.2) is 0 Å². The molecule has 4 nitrogen and oxygen atoms in total. The molecular formula is C12H25N3O. The first kappa shape index (κ1) is 13.5. The van der Waals surface area contributed by atoms with E-state index < -0.39 is 0 Å². The fraction of sp³-hybridized carbons (Fsp3) is 0.917. The van der Waals surface area contributed by atoms with Gasteiger partial charge < -0.3 is 10.6 Å². The van der Waals surface area contributed by atoms with E-state index in [1.807, 2.05) is 4.90 Å². The van der Waals surface area contributed by atoms with E-state index in [9.17, 15) is 4.79 Å². The van der Waals surface area contributed by atoms with E-state index in [1.165, 1.54) is 6.42 Å². The Morgan fingerprint density at radius 3 is 2.56 bits per heavy atom. The van der Waals surface area contributed by atoms with Crippen molar-refractivity contribution in [2.24, 2.45) is 5.73 Å². The maximum atomic E-state index is 11.8. The first-order valence-corrected chi connectivity index (χ1v) is 6.19. The van der Waals surface area contributed by atoms with E-state index in [0.717, 1.165) is 19.5 Å². The Balaban J connectivity index is 2.56. The van der Waals surface area contributed by atoms with Gasteiger partial charge in [0.05, 0.1) is 6.04 Å². The predicted octanol–water partition coefficient (Wildman–Crippen LogP) is 0.665. The molecule has 1 rings (SSSR count). The highest BCUT2D eigenvalue weighted by Gasteiger charge is 2.28. The van der Waals surface area contributed by atoms with Crippen LogP contribution < -0.4 is 5.73 Å².